The molecule has 0 saturated carbocycles. The Bertz CT molecular complexity index is 835. The van der Waals surface area contributed by atoms with Gasteiger partial charge in [-0.2, -0.15) is 0 Å². The van der Waals surface area contributed by atoms with Crippen molar-refractivity contribution < 1.29 is 24.2 Å². The van der Waals surface area contributed by atoms with Gasteiger partial charge in [0.1, 0.15) is 6.04 Å². The van der Waals surface area contributed by atoms with Gasteiger partial charge in [-0.25, -0.2) is 0 Å². The molecule has 3 saturated heterocycles. The van der Waals surface area contributed by atoms with Crippen LogP contribution in [0, 0.1) is 17.8 Å². The Kier molecular flexibility index (Phi) is 11.1. The molecule has 3 heterocycles. The fraction of sp³-hybridized carbons (Fsp3) is 0.759. The van der Waals surface area contributed by atoms with E-state index in [9.17, 15) is 19.5 Å². The van der Waals surface area contributed by atoms with Crippen molar-refractivity contribution in [3.8, 4) is 0 Å². The molecule has 37 heavy (non-hydrogen) atoms. The first-order chi connectivity index (χ1) is 17.9. The van der Waals surface area contributed by atoms with E-state index in [1.54, 1.807) is 22.7 Å². The molecule has 3 aliphatic heterocycles. The van der Waals surface area contributed by atoms with Crippen LogP contribution in [0.25, 0.3) is 0 Å². The first kappa shape index (κ1) is 29.8. The lowest BCUT2D eigenvalue weighted by molar-refractivity contribution is -0.154. The van der Waals surface area contributed by atoms with Crippen LogP contribution in [0.4, 0.5) is 0 Å². The monoisotopic (exact) mass is 534 g/mol. The second-order valence-electron chi connectivity index (χ2n) is 10.7. The highest BCUT2D eigenvalue weighted by Gasteiger charge is 2.76. The minimum atomic E-state index is -0.617. The molecule has 3 rings (SSSR count). The van der Waals surface area contributed by atoms with Crippen LogP contribution in [0.5, 0.6) is 0 Å². The third-order valence-corrected chi connectivity index (χ3v) is 10.4. The predicted molar refractivity (Wildman–Crippen MR) is 148 cm³/mol. The molecular formula is C29H46N2O5S. The van der Waals surface area contributed by atoms with Crippen molar-refractivity contribution in [1.82, 2.24) is 9.80 Å². The number of aliphatic hydroxyl groups is 1. The number of thioether (sulfide) groups is 1. The van der Waals surface area contributed by atoms with Gasteiger partial charge in [0, 0.05) is 31.5 Å². The molecule has 3 aliphatic rings. The van der Waals surface area contributed by atoms with Crippen LogP contribution in [0.1, 0.15) is 71.6 Å². The Morgan fingerprint density at radius 3 is 2.65 bits per heavy atom. The molecule has 3 fully saturated rings. The van der Waals surface area contributed by atoms with Crippen LogP contribution in [0.15, 0.2) is 25.3 Å². The van der Waals surface area contributed by atoms with Gasteiger partial charge in [0.15, 0.2) is 0 Å². The highest BCUT2D eigenvalue weighted by Crippen LogP contribution is 2.68. The molecule has 1 N–H and O–H groups in total. The number of esters is 1. The molecule has 208 valence electrons. The lowest BCUT2D eigenvalue weighted by atomic mass is 9.66. The standard InChI is InChI=1S/C29H46N2O5S/c1-5-8-10-14-19-36-28(35)23-22-20-21(4)29(37-22)24(23)26(33)31(17-12-11-13-18-32)25(29)27(34)30(15-7-3)16-9-6-2/h5,7,21-25,32H,1,3,6,8-20H2,2,4H3/t21?,22-,23+,24-,25?,29?/m0/s1. The van der Waals surface area contributed by atoms with Crippen molar-refractivity contribution in [3.05, 3.63) is 25.3 Å². The van der Waals surface area contributed by atoms with Crippen molar-refractivity contribution in [2.45, 2.75) is 87.7 Å². The van der Waals surface area contributed by atoms with Crippen molar-refractivity contribution in [1.29, 1.82) is 0 Å². The Morgan fingerprint density at radius 2 is 1.97 bits per heavy atom. The summed E-state index contributed by atoms with van der Waals surface area (Å²) in [5, 5.41) is 9.22. The fourth-order valence-corrected chi connectivity index (χ4v) is 8.91. The molecule has 0 aliphatic carbocycles. The molecule has 0 aromatic heterocycles. The van der Waals surface area contributed by atoms with Crippen LogP contribution in [-0.2, 0) is 19.1 Å². The summed E-state index contributed by atoms with van der Waals surface area (Å²) in [6, 6.07) is -0.591. The second-order valence-corrected chi connectivity index (χ2v) is 12.3. The number of rotatable bonds is 17. The highest BCUT2D eigenvalue weighted by atomic mass is 32.2. The number of amides is 2. The third kappa shape index (κ3) is 5.95. The number of hydrogen-bond donors (Lipinski definition) is 1. The van der Waals surface area contributed by atoms with E-state index in [4.69, 9.17) is 4.74 Å². The zero-order valence-electron chi connectivity index (χ0n) is 22.7. The second kappa shape index (κ2) is 13.8. The predicted octanol–water partition coefficient (Wildman–Crippen LogP) is 4.20. The van der Waals surface area contributed by atoms with E-state index in [2.05, 4.69) is 27.0 Å². The van der Waals surface area contributed by atoms with E-state index >= 15 is 0 Å². The number of ether oxygens (including phenoxy) is 1. The maximum Gasteiger partial charge on any atom is 0.310 e. The summed E-state index contributed by atoms with van der Waals surface area (Å²) in [6.07, 6.45) is 11.0. The molecule has 2 bridgehead atoms. The zero-order chi connectivity index (χ0) is 27.0. The van der Waals surface area contributed by atoms with Gasteiger partial charge >= 0.3 is 5.97 Å². The average Bonchev–Trinajstić information content (AvgIpc) is 3.47. The van der Waals surface area contributed by atoms with Crippen LogP contribution >= 0.6 is 11.8 Å². The first-order valence-electron chi connectivity index (χ1n) is 14.1. The Morgan fingerprint density at radius 1 is 1.19 bits per heavy atom. The molecule has 3 unspecified atom stereocenters. The van der Waals surface area contributed by atoms with Crippen LogP contribution in [0.2, 0.25) is 0 Å². The molecule has 7 nitrogen and oxygen atoms in total. The summed E-state index contributed by atoms with van der Waals surface area (Å²) in [5.74, 6) is -1.28. The quantitative estimate of drug-likeness (QED) is 0.171. The number of carbonyl (C=O) groups excluding carboxylic acids is 3. The Labute approximate surface area is 227 Å². The molecule has 0 aromatic rings. The van der Waals surface area contributed by atoms with Gasteiger partial charge < -0.3 is 19.6 Å². The number of carbonyl (C=O) groups is 3. The van der Waals surface area contributed by atoms with E-state index in [0.717, 1.165) is 51.4 Å². The topological polar surface area (TPSA) is 87.2 Å². The number of allylic oxidation sites excluding steroid dienone is 1. The van der Waals surface area contributed by atoms with Crippen molar-refractivity contribution in [3.63, 3.8) is 0 Å². The molecule has 0 radical (unpaired) electrons. The summed E-state index contributed by atoms with van der Waals surface area (Å²) in [5.41, 5.74) is 0. The summed E-state index contributed by atoms with van der Waals surface area (Å²) >= 11 is 1.70. The van der Waals surface area contributed by atoms with Gasteiger partial charge in [0.25, 0.3) is 0 Å². The number of likely N-dealkylation sites (tertiary alicyclic amines) is 1. The minimum absolute atomic E-state index is 0.0000369. The van der Waals surface area contributed by atoms with Gasteiger partial charge in [0.2, 0.25) is 11.8 Å². The maximum atomic E-state index is 14.2. The maximum absolute atomic E-state index is 14.2. The smallest absolute Gasteiger partial charge is 0.310 e. The Balaban J connectivity index is 1.90. The number of fused-ring (bicyclic) bond motifs is 1. The third-order valence-electron chi connectivity index (χ3n) is 8.30. The first-order valence-corrected chi connectivity index (χ1v) is 15.0. The summed E-state index contributed by atoms with van der Waals surface area (Å²) < 4.78 is 5.09. The van der Waals surface area contributed by atoms with Gasteiger partial charge in [0.05, 0.1) is 23.2 Å². The molecule has 6 atom stereocenters. The molecule has 0 aromatic carbocycles. The molecule has 8 heteroatoms. The number of nitrogens with zero attached hydrogens (tertiary/aromatic N) is 2. The normalized spacial score (nSPS) is 29.9. The van der Waals surface area contributed by atoms with E-state index in [0.29, 0.717) is 32.7 Å². The number of aliphatic hydroxyl groups excluding tert-OH is 1. The minimum Gasteiger partial charge on any atom is -0.465 e. The summed E-state index contributed by atoms with van der Waals surface area (Å²) in [4.78, 5) is 45.3. The highest BCUT2D eigenvalue weighted by molar-refractivity contribution is 8.02. The van der Waals surface area contributed by atoms with Gasteiger partial charge in [-0.15, -0.1) is 24.9 Å². The van der Waals surface area contributed by atoms with E-state index < -0.39 is 22.6 Å². The van der Waals surface area contributed by atoms with Gasteiger partial charge in [-0.05, 0) is 57.3 Å². The van der Waals surface area contributed by atoms with Crippen molar-refractivity contribution >= 4 is 29.5 Å². The van der Waals surface area contributed by atoms with E-state index in [1.165, 1.54) is 0 Å². The summed E-state index contributed by atoms with van der Waals surface area (Å²) in [6.45, 7) is 13.8. The van der Waals surface area contributed by atoms with Crippen molar-refractivity contribution in [2.75, 3.05) is 32.8 Å². The van der Waals surface area contributed by atoms with Gasteiger partial charge in [-0.1, -0.05) is 32.4 Å². The lowest BCUT2D eigenvalue weighted by Crippen LogP contribution is -2.57. The largest absolute Gasteiger partial charge is 0.465 e. The van der Waals surface area contributed by atoms with Gasteiger partial charge in [-0.3, -0.25) is 14.4 Å². The van der Waals surface area contributed by atoms with Crippen molar-refractivity contribution in [2.24, 2.45) is 17.8 Å². The SMILES string of the molecule is C=CCCCCOC(=O)[C@@H]1[C@@H]2CC(C)C3(S2)C(C(=O)N(CC=C)CCCC)N(CCCCCO)C(=O)[C@H]13. The molecule has 1 spiro atoms. The Hall–Kier alpha value is -1.80. The zero-order valence-corrected chi connectivity index (χ0v) is 23.6. The average molecular weight is 535 g/mol. The molecular weight excluding hydrogens is 488 g/mol. The van der Waals surface area contributed by atoms with Crippen LogP contribution < -0.4 is 0 Å². The van der Waals surface area contributed by atoms with Crippen LogP contribution in [0.3, 0.4) is 0 Å². The van der Waals surface area contributed by atoms with E-state index in [1.807, 2.05) is 11.0 Å². The summed E-state index contributed by atoms with van der Waals surface area (Å²) in [7, 11) is 0. The fourth-order valence-electron chi connectivity index (χ4n) is 6.51. The number of unbranched alkanes of at least 4 members (excludes halogenated alkanes) is 5. The molecule has 2 amide bonds. The lowest BCUT2D eigenvalue weighted by Gasteiger charge is -2.40. The van der Waals surface area contributed by atoms with E-state index in [-0.39, 0.29) is 35.6 Å². The van der Waals surface area contributed by atoms with Crippen LogP contribution in [-0.4, -0.2) is 81.6 Å². The number of hydrogen-bond acceptors (Lipinski definition) is 6.